The average molecular weight is 353 g/mol. The second-order valence-electron chi connectivity index (χ2n) is 6.23. The second kappa shape index (κ2) is 7.91. The summed E-state index contributed by atoms with van der Waals surface area (Å²) in [4.78, 5) is 28.4. The highest BCUT2D eigenvalue weighted by atomic mass is 16.5. The molecule has 0 aromatic heterocycles. The van der Waals surface area contributed by atoms with Gasteiger partial charge in [-0.2, -0.15) is 0 Å². The number of carbonyl (C=O) groups is 2. The van der Waals surface area contributed by atoms with E-state index in [0.29, 0.717) is 31.7 Å². The van der Waals surface area contributed by atoms with Crippen molar-refractivity contribution in [3.63, 3.8) is 0 Å². The van der Waals surface area contributed by atoms with Crippen LogP contribution in [-0.2, 0) is 4.74 Å². The van der Waals surface area contributed by atoms with Crippen LogP contribution >= 0.6 is 0 Å². The van der Waals surface area contributed by atoms with Gasteiger partial charge in [0, 0.05) is 31.9 Å². The monoisotopic (exact) mass is 353 g/mol. The first kappa shape index (κ1) is 17.8. The molecule has 0 radical (unpaired) electrons. The van der Waals surface area contributed by atoms with Gasteiger partial charge in [-0.05, 0) is 30.7 Å². The molecule has 2 amide bonds. The fourth-order valence-corrected chi connectivity index (χ4v) is 3.09. The van der Waals surface area contributed by atoms with Crippen LogP contribution in [-0.4, -0.2) is 50.2 Å². The van der Waals surface area contributed by atoms with Gasteiger partial charge in [0.05, 0.1) is 18.4 Å². The summed E-state index contributed by atoms with van der Waals surface area (Å²) < 4.78 is 4.86. The van der Waals surface area contributed by atoms with Gasteiger partial charge in [0.15, 0.2) is 0 Å². The molecule has 6 heteroatoms. The Balaban J connectivity index is 1.64. The highest BCUT2D eigenvalue weighted by Gasteiger charge is 2.24. The molecule has 26 heavy (non-hydrogen) atoms. The summed E-state index contributed by atoms with van der Waals surface area (Å²) in [5.74, 6) is -0.347. The van der Waals surface area contributed by atoms with Crippen LogP contribution in [0.15, 0.2) is 48.5 Å². The molecule has 0 saturated carbocycles. The molecule has 136 valence electrons. The zero-order chi connectivity index (χ0) is 18.5. The molecule has 0 bridgehead atoms. The van der Waals surface area contributed by atoms with E-state index < -0.39 is 0 Å². The lowest BCUT2D eigenvalue weighted by atomic mass is 10.1. The number of anilines is 2. The molecule has 0 unspecified atom stereocenters. The molecule has 1 saturated heterocycles. The Labute approximate surface area is 153 Å². The number of carbonyl (C=O) groups excluding carboxylic acids is 2. The van der Waals surface area contributed by atoms with Gasteiger partial charge in [0.25, 0.3) is 0 Å². The Kier molecular flexibility index (Phi) is 5.41. The number of aryl methyl sites for hydroxylation is 1. The molecule has 1 N–H and O–H groups in total. The molecule has 1 aliphatic heterocycles. The number of nitrogens with one attached hydrogen (secondary N) is 1. The lowest BCUT2D eigenvalue weighted by Crippen LogP contribution is -2.50. The lowest BCUT2D eigenvalue weighted by Gasteiger charge is -2.36. The van der Waals surface area contributed by atoms with Crippen LogP contribution in [0.5, 0.6) is 0 Å². The molecule has 3 rings (SSSR count). The van der Waals surface area contributed by atoms with Crippen molar-refractivity contribution in [2.45, 2.75) is 6.92 Å². The summed E-state index contributed by atoms with van der Waals surface area (Å²) in [7, 11) is 1.38. The fraction of sp³-hybridized carbons (Fsp3) is 0.300. The van der Waals surface area contributed by atoms with Crippen LogP contribution < -0.4 is 10.2 Å². The van der Waals surface area contributed by atoms with E-state index in [1.165, 1.54) is 7.11 Å². The van der Waals surface area contributed by atoms with E-state index in [1.807, 2.05) is 49.4 Å². The molecule has 2 aromatic rings. The standard InChI is InChI=1S/C20H23N3O3/c1-15-7-3-5-9-17(15)21-20(25)23-13-11-22(12-14-23)18-10-6-4-8-16(18)19(24)26-2/h3-10H,11-14H2,1-2H3,(H,21,25). The topological polar surface area (TPSA) is 61.9 Å². The van der Waals surface area contributed by atoms with E-state index in [9.17, 15) is 9.59 Å². The Morgan fingerprint density at radius 2 is 1.62 bits per heavy atom. The third-order valence-electron chi connectivity index (χ3n) is 4.60. The number of methoxy groups -OCH3 is 1. The van der Waals surface area contributed by atoms with Crippen molar-refractivity contribution in [1.29, 1.82) is 0 Å². The molecular formula is C20H23N3O3. The molecule has 0 aliphatic carbocycles. The van der Waals surface area contributed by atoms with Crippen molar-refractivity contribution in [3.05, 3.63) is 59.7 Å². The Hall–Kier alpha value is -3.02. The number of esters is 1. The molecule has 1 heterocycles. The van der Waals surface area contributed by atoms with Crippen LogP contribution in [0.4, 0.5) is 16.2 Å². The number of hydrogen-bond donors (Lipinski definition) is 1. The molecule has 0 atom stereocenters. The zero-order valence-electron chi connectivity index (χ0n) is 15.1. The number of amides is 2. The summed E-state index contributed by atoms with van der Waals surface area (Å²) in [6.45, 7) is 4.47. The maximum Gasteiger partial charge on any atom is 0.339 e. The van der Waals surface area contributed by atoms with Crippen LogP contribution in [0, 0.1) is 6.92 Å². The van der Waals surface area contributed by atoms with Crippen molar-refractivity contribution < 1.29 is 14.3 Å². The number of ether oxygens (including phenoxy) is 1. The van der Waals surface area contributed by atoms with Crippen molar-refractivity contribution in [2.24, 2.45) is 0 Å². The van der Waals surface area contributed by atoms with Gasteiger partial charge in [0.1, 0.15) is 0 Å². The first-order valence-corrected chi connectivity index (χ1v) is 8.64. The number of para-hydroxylation sites is 2. The molecule has 6 nitrogen and oxygen atoms in total. The van der Waals surface area contributed by atoms with Gasteiger partial charge in [-0.1, -0.05) is 30.3 Å². The highest BCUT2D eigenvalue weighted by Crippen LogP contribution is 2.23. The third kappa shape index (κ3) is 3.79. The number of nitrogens with zero attached hydrogens (tertiary/aromatic N) is 2. The predicted molar refractivity (Wildman–Crippen MR) is 102 cm³/mol. The van der Waals surface area contributed by atoms with Gasteiger partial charge in [-0.25, -0.2) is 9.59 Å². The molecular weight excluding hydrogens is 330 g/mol. The van der Waals surface area contributed by atoms with Gasteiger partial charge in [0.2, 0.25) is 0 Å². The van der Waals surface area contributed by atoms with E-state index in [2.05, 4.69) is 10.2 Å². The normalized spacial score (nSPS) is 14.1. The van der Waals surface area contributed by atoms with E-state index in [4.69, 9.17) is 4.74 Å². The van der Waals surface area contributed by atoms with Crippen LogP contribution in [0.1, 0.15) is 15.9 Å². The van der Waals surface area contributed by atoms with E-state index in [-0.39, 0.29) is 12.0 Å². The van der Waals surface area contributed by atoms with Gasteiger partial charge in [-0.3, -0.25) is 0 Å². The minimum Gasteiger partial charge on any atom is -0.465 e. The van der Waals surface area contributed by atoms with Gasteiger partial charge in [-0.15, -0.1) is 0 Å². The second-order valence-corrected chi connectivity index (χ2v) is 6.23. The van der Waals surface area contributed by atoms with E-state index in [0.717, 1.165) is 16.9 Å². The largest absolute Gasteiger partial charge is 0.465 e. The molecule has 0 spiro atoms. The first-order valence-electron chi connectivity index (χ1n) is 8.64. The number of urea groups is 1. The fourth-order valence-electron chi connectivity index (χ4n) is 3.09. The smallest absolute Gasteiger partial charge is 0.339 e. The Bertz CT molecular complexity index is 798. The number of rotatable bonds is 3. The first-order chi connectivity index (χ1) is 12.6. The summed E-state index contributed by atoms with van der Waals surface area (Å²) >= 11 is 0. The lowest BCUT2D eigenvalue weighted by molar-refractivity contribution is 0.0601. The van der Waals surface area contributed by atoms with Crippen molar-refractivity contribution >= 4 is 23.4 Å². The van der Waals surface area contributed by atoms with Crippen LogP contribution in [0.25, 0.3) is 0 Å². The van der Waals surface area contributed by atoms with Crippen molar-refractivity contribution in [3.8, 4) is 0 Å². The molecule has 2 aromatic carbocycles. The van der Waals surface area contributed by atoms with E-state index >= 15 is 0 Å². The molecule has 1 fully saturated rings. The quantitative estimate of drug-likeness (QED) is 0.861. The number of piperazine rings is 1. The minimum absolute atomic E-state index is 0.0970. The third-order valence-corrected chi connectivity index (χ3v) is 4.60. The van der Waals surface area contributed by atoms with Crippen molar-refractivity contribution in [1.82, 2.24) is 4.90 Å². The van der Waals surface area contributed by atoms with Gasteiger partial charge >= 0.3 is 12.0 Å². The van der Waals surface area contributed by atoms with Gasteiger partial charge < -0.3 is 19.9 Å². The number of hydrogen-bond acceptors (Lipinski definition) is 4. The Morgan fingerprint density at radius 3 is 2.31 bits per heavy atom. The Morgan fingerprint density at radius 1 is 0.962 bits per heavy atom. The zero-order valence-corrected chi connectivity index (χ0v) is 15.1. The summed E-state index contributed by atoms with van der Waals surface area (Å²) in [5, 5.41) is 2.97. The predicted octanol–water partition coefficient (Wildman–Crippen LogP) is 3.14. The number of benzene rings is 2. The molecule has 1 aliphatic rings. The average Bonchev–Trinajstić information content (AvgIpc) is 2.69. The highest BCUT2D eigenvalue weighted by molar-refractivity contribution is 5.96. The maximum atomic E-state index is 12.5. The SMILES string of the molecule is COC(=O)c1ccccc1N1CCN(C(=O)Nc2ccccc2C)CC1. The maximum absolute atomic E-state index is 12.5. The summed E-state index contributed by atoms with van der Waals surface area (Å²) in [6.07, 6.45) is 0. The summed E-state index contributed by atoms with van der Waals surface area (Å²) in [6, 6.07) is 15.0. The van der Waals surface area contributed by atoms with E-state index in [1.54, 1.807) is 11.0 Å². The van der Waals surface area contributed by atoms with Crippen molar-refractivity contribution in [2.75, 3.05) is 43.5 Å². The minimum atomic E-state index is -0.347. The van der Waals surface area contributed by atoms with Crippen LogP contribution in [0.3, 0.4) is 0 Å². The van der Waals surface area contributed by atoms with Crippen LogP contribution in [0.2, 0.25) is 0 Å². The summed E-state index contributed by atoms with van der Waals surface area (Å²) in [5.41, 5.74) is 3.26.